The van der Waals surface area contributed by atoms with Gasteiger partial charge in [-0.15, -0.1) is 0 Å². The Morgan fingerprint density at radius 2 is 1.81 bits per heavy atom. The van der Waals surface area contributed by atoms with Gasteiger partial charge in [-0.3, -0.25) is 4.79 Å². The molecule has 1 atom stereocenters. The average molecular weight is 428 g/mol. The highest BCUT2D eigenvalue weighted by Crippen LogP contribution is 2.33. The van der Waals surface area contributed by atoms with Gasteiger partial charge in [0.05, 0.1) is 17.7 Å². The number of rotatable bonds is 5. The lowest BCUT2D eigenvalue weighted by molar-refractivity contribution is -0.134. The Morgan fingerprint density at radius 1 is 1.03 bits per heavy atom. The molecule has 3 heterocycles. The molecule has 9 heteroatoms. The van der Waals surface area contributed by atoms with Gasteiger partial charge in [0.25, 0.3) is 5.91 Å². The number of tetrazole rings is 1. The molecule has 0 saturated heterocycles. The van der Waals surface area contributed by atoms with Crippen LogP contribution in [0.5, 0.6) is 0 Å². The normalized spacial score (nSPS) is 15.7. The van der Waals surface area contributed by atoms with Crippen LogP contribution in [0.1, 0.15) is 29.3 Å². The fourth-order valence-corrected chi connectivity index (χ4v) is 3.67. The van der Waals surface area contributed by atoms with Crippen molar-refractivity contribution < 1.29 is 9.21 Å². The first-order chi connectivity index (χ1) is 15.6. The molecular formula is C23H20N6O3. The van der Waals surface area contributed by atoms with Crippen molar-refractivity contribution in [2.75, 3.05) is 0 Å². The number of hydrogen-bond acceptors (Lipinski definition) is 6. The standard InChI is InChI=1S/C23H20N6O3/c1-16-9-11-17(12-10-16)19-14-20(21-8-5-13-32-21)29(24-19)22(30)15-27-23(31)28(26-25-27)18-6-3-2-4-7-18/h2-13,20H,14-15H2,1H3/t20-/m1/s1. The largest absolute Gasteiger partial charge is 0.467 e. The highest BCUT2D eigenvalue weighted by atomic mass is 16.3. The van der Waals surface area contributed by atoms with Crippen LogP contribution in [-0.4, -0.2) is 36.4 Å². The molecule has 160 valence electrons. The maximum absolute atomic E-state index is 13.2. The second-order valence-corrected chi connectivity index (χ2v) is 7.55. The molecule has 2 aromatic heterocycles. The molecule has 0 spiro atoms. The Morgan fingerprint density at radius 3 is 2.53 bits per heavy atom. The molecular weight excluding hydrogens is 408 g/mol. The number of hydrazone groups is 1. The SMILES string of the molecule is Cc1ccc(C2=NN(C(=O)Cn3nnn(-c4ccccc4)c3=O)[C@@H](c3ccco3)C2)cc1. The maximum atomic E-state index is 13.2. The highest BCUT2D eigenvalue weighted by Gasteiger charge is 2.35. The zero-order chi connectivity index (χ0) is 22.1. The van der Waals surface area contributed by atoms with Gasteiger partial charge in [0.1, 0.15) is 18.3 Å². The second kappa shape index (κ2) is 8.10. The summed E-state index contributed by atoms with van der Waals surface area (Å²) in [7, 11) is 0. The summed E-state index contributed by atoms with van der Waals surface area (Å²) in [5.41, 5.74) is 2.94. The monoisotopic (exact) mass is 428 g/mol. The minimum atomic E-state index is -0.499. The van der Waals surface area contributed by atoms with E-state index in [4.69, 9.17) is 4.42 Å². The van der Waals surface area contributed by atoms with Crippen LogP contribution in [0.25, 0.3) is 5.69 Å². The van der Waals surface area contributed by atoms with Crippen molar-refractivity contribution >= 4 is 11.6 Å². The third-order valence-electron chi connectivity index (χ3n) is 5.35. The first-order valence-corrected chi connectivity index (χ1v) is 10.2. The van der Waals surface area contributed by atoms with Crippen LogP contribution in [0.3, 0.4) is 0 Å². The highest BCUT2D eigenvalue weighted by molar-refractivity contribution is 6.03. The first-order valence-electron chi connectivity index (χ1n) is 10.2. The lowest BCUT2D eigenvalue weighted by Crippen LogP contribution is -2.34. The molecule has 0 N–H and O–H groups in total. The molecule has 0 unspecified atom stereocenters. The van der Waals surface area contributed by atoms with Crippen LogP contribution in [0, 0.1) is 6.92 Å². The summed E-state index contributed by atoms with van der Waals surface area (Å²) in [6.45, 7) is 1.73. The molecule has 0 aliphatic carbocycles. The summed E-state index contributed by atoms with van der Waals surface area (Å²) >= 11 is 0. The van der Waals surface area contributed by atoms with Crippen LogP contribution >= 0.6 is 0 Å². The molecule has 2 aromatic carbocycles. The van der Waals surface area contributed by atoms with Crippen molar-refractivity contribution in [1.29, 1.82) is 0 Å². The first kappa shape index (κ1) is 19.7. The molecule has 1 aliphatic rings. The van der Waals surface area contributed by atoms with Gasteiger partial charge < -0.3 is 4.42 Å². The van der Waals surface area contributed by atoms with Crippen LogP contribution < -0.4 is 5.69 Å². The van der Waals surface area contributed by atoms with Crippen molar-refractivity contribution in [2.45, 2.75) is 25.9 Å². The molecule has 4 aromatic rings. The predicted octanol–water partition coefficient (Wildman–Crippen LogP) is 2.71. The maximum Gasteiger partial charge on any atom is 0.368 e. The molecule has 0 fully saturated rings. The zero-order valence-corrected chi connectivity index (χ0v) is 17.3. The number of aromatic nitrogens is 4. The van der Waals surface area contributed by atoms with E-state index in [1.165, 1.54) is 5.01 Å². The molecule has 32 heavy (non-hydrogen) atoms. The third kappa shape index (κ3) is 3.64. The Hall–Kier alpha value is -4.27. The van der Waals surface area contributed by atoms with E-state index in [0.717, 1.165) is 26.2 Å². The van der Waals surface area contributed by atoms with Crippen LogP contribution in [0.4, 0.5) is 0 Å². The molecule has 0 radical (unpaired) electrons. The number of hydrogen-bond donors (Lipinski definition) is 0. The van der Waals surface area contributed by atoms with Crippen LogP contribution in [0.2, 0.25) is 0 Å². The van der Waals surface area contributed by atoms with Gasteiger partial charge in [0.2, 0.25) is 0 Å². The van der Waals surface area contributed by atoms with Gasteiger partial charge in [0, 0.05) is 6.42 Å². The quantitative estimate of drug-likeness (QED) is 0.487. The third-order valence-corrected chi connectivity index (χ3v) is 5.35. The summed E-state index contributed by atoms with van der Waals surface area (Å²) < 4.78 is 7.76. The van der Waals surface area contributed by atoms with E-state index in [1.807, 2.05) is 43.3 Å². The van der Waals surface area contributed by atoms with E-state index in [0.29, 0.717) is 17.9 Å². The Labute approximate surface area is 183 Å². The number of carbonyl (C=O) groups is 1. The number of benzene rings is 2. The molecule has 0 bridgehead atoms. The second-order valence-electron chi connectivity index (χ2n) is 7.55. The van der Waals surface area contributed by atoms with Crippen molar-refractivity contribution in [3.8, 4) is 5.69 Å². The minimum absolute atomic E-state index is 0.284. The molecule has 1 aliphatic heterocycles. The summed E-state index contributed by atoms with van der Waals surface area (Å²) in [6.07, 6.45) is 2.08. The number of furan rings is 1. The molecule has 0 saturated carbocycles. The van der Waals surface area contributed by atoms with Gasteiger partial charge in [-0.25, -0.2) is 9.80 Å². The van der Waals surface area contributed by atoms with E-state index < -0.39 is 11.7 Å². The molecule has 1 amide bonds. The average Bonchev–Trinajstić information content (AvgIpc) is 3.55. The molecule has 9 nitrogen and oxygen atoms in total. The number of nitrogens with zero attached hydrogens (tertiary/aromatic N) is 6. The Balaban J connectivity index is 1.43. The summed E-state index contributed by atoms with van der Waals surface area (Å²) in [4.78, 5) is 25.9. The number of carbonyl (C=O) groups excluding carboxylic acids is 1. The summed E-state index contributed by atoms with van der Waals surface area (Å²) in [5, 5.41) is 13.7. The summed E-state index contributed by atoms with van der Waals surface area (Å²) in [6, 6.07) is 20.1. The van der Waals surface area contributed by atoms with Gasteiger partial charge in [-0.1, -0.05) is 48.0 Å². The zero-order valence-electron chi connectivity index (χ0n) is 17.3. The minimum Gasteiger partial charge on any atom is -0.467 e. The van der Waals surface area contributed by atoms with E-state index in [1.54, 1.807) is 36.6 Å². The van der Waals surface area contributed by atoms with Gasteiger partial charge in [-0.2, -0.15) is 14.5 Å². The Bertz CT molecular complexity index is 1320. The van der Waals surface area contributed by atoms with Crippen molar-refractivity contribution in [3.05, 3.63) is 100 Å². The van der Waals surface area contributed by atoms with Crippen LogP contribution in [0.15, 0.2) is 87.3 Å². The van der Waals surface area contributed by atoms with Crippen molar-refractivity contribution in [2.24, 2.45) is 5.10 Å². The lowest BCUT2D eigenvalue weighted by Gasteiger charge is -2.19. The van der Waals surface area contributed by atoms with Gasteiger partial charge in [0.15, 0.2) is 0 Å². The van der Waals surface area contributed by atoms with E-state index in [9.17, 15) is 9.59 Å². The number of para-hydroxylation sites is 1. The van der Waals surface area contributed by atoms with Crippen molar-refractivity contribution in [3.63, 3.8) is 0 Å². The Kier molecular flexibility index (Phi) is 4.98. The topological polar surface area (TPSA) is 98.5 Å². The van der Waals surface area contributed by atoms with E-state index in [2.05, 4.69) is 15.5 Å². The fraction of sp³-hybridized carbons (Fsp3) is 0.174. The molecule has 5 rings (SSSR count). The predicted molar refractivity (Wildman–Crippen MR) is 116 cm³/mol. The fourth-order valence-electron chi connectivity index (χ4n) is 3.67. The van der Waals surface area contributed by atoms with Gasteiger partial charge in [-0.05, 0) is 47.2 Å². The smallest absolute Gasteiger partial charge is 0.368 e. The van der Waals surface area contributed by atoms with E-state index in [-0.39, 0.29) is 12.5 Å². The number of aryl methyl sites for hydroxylation is 1. The lowest BCUT2D eigenvalue weighted by atomic mass is 10.0. The van der Waals surface area contributed by atoms with Crippen molar-refractivity contribution in [1.82, 2.24) is 24.8 Å². The van der Waals surface area contributed by atoms with Gasteiger partial charge >= 0.3 is 5.69 Å². The number of amides is 1. The van der Waals surface area contributed by atoms with E-state index >= 15 is 0 Å². The van der Waals surface area contributed by atoms with Crippen LogP contribution in [-0.2, 0) is 11.3 Å². The summed E-state index contributed by atoms with van der Waals surface area (Å²) in [5.74, 6) is 0.250.